The molecule has 1 saturated heterocycles. The Kier molecular flexibility index (Phi) is 5.75. The Morgan fingerprint density at radius 2 is 2.18 bits per heavy atom. The second-order valence-electron chi connectivity index (χ2n) is 5.15. The molecule has 6 heteroatoms. The van der Waals surface area contributed by atoms with Crippen molar-refractivity contribution in [2.45, 2.75) is 19.4 Å². The third kappa shape index (κ3) is 3.96. The summed E-state index contributed by atoms with van der Waals surface area (Å²) in [5, 5.41) is 6.44. The zero-order valence-electron chi connectivity index (χ0n) is 12.8. The average Bonchev–Trinajstić information content (AvgIpc) is 2.93. The summed E-state index contributed by atoms with van der Waals surface area (Å²) in [6.07, 6.45) is 2.51. The Labute approximate surface area is 129 Å². The first-order valence-corrected chi connectivity index (χ1v) is 7.50. The number of nitrogens with zero attached hydrogens (tertiary/aromatic N) is 2. The van der Waals surface area contributed by atoms with Crippen molar-refractivity contribution in [2.75, 3.05) is 31.1 Å². The van der Waals surface area contributed by atoms with E-state index in [9.17, 15) is 8.78 Å². The van der Waals surface area contributed by atoms with Crippen molar-refractivity contribution < 1.29 is 8.78 Å². The van der Waals surface area contributed by atoms with Gasteiger partial charge in [-0.2, -0.15) is 0 Å². The smallest absolute Gasteiger partial charge is 0.191 e. The van der Waals surface area contributed by atoms with E-state index in [1.165, 1.54) is 18.2 Å². The third-order valence-electron chi connectivity index (χ3n) is 3.51. The monoisotopic (exact) mass is 308 g/mol. The minimum absolute atomic E-state index is 0.0554. The molecule has 0 radical (unpaired) electrons. The van der Waals surface area contributed by atoms with E-state index in [1.54, 1.807) is 11.0 Å². The molecular weight excluding hydrogens is 286 g/mol. The Balaban J connectivity index is 2.01. The van der Waals surface area contributed by atoms with Crippen molar-refractivity contribution in [3.63, 3.8) is 0 Å². The number of aliphatic imine (C=N–C) groups is 1. The molecule has 4 nitrogen and oxygen atoms in total. The summed E-state index contributed by atoms with van der Waals surface area (Å²) in [5.74, 6) is -0.344. The molecule has 0 saturated carbocycles. The molecule has 22 heavy (non-hydrogen) atoms. The van der Waals surface area contributed by atoms with Crippen LogP contribution in [0.4, 0.5) is 14.5 Å². The molecule has 2 rings (SSSR count). The van der Waals surface area contributed by atoms with Gasteiger partial charge in [-0.15, -0.1) is 6.58 Å². The second-order valence-corrected chi connectivity index (χ2v) is 5.15. The quantitative estimate of drug-likeness (QED) is 0.498. The molecule has 0 bridgehead atoms. The first-order chi connectivity index (χ1) is 10.7. The predicted octanol–water partition coefficient (Wildman–Crippen LogP) is 2.28. The molecule has 0 aliphatic carbocycles. The Morgan fingerprint density at radius 1 is 1.45 bits per heavy atom. The number of guanidine groups is 1. The molecule has 1 aliphatic heterocycles. The molecule has 0 aromatic heterocycles. The summed E-state index contributed by atoms with van der Waals surface area (Å²) in [6, 6.07) is 4.05. The average molecular weight is 308 g/mol. The van der Waals surface area contributed by atoms with Gasteiger partial charge in [-0.1, -0.05) is 12.1 Å². The summed E-state index contributed by atoms with van der Waals surface area (Å²) < 4.78 is 27.7. The molecule has 0 spiro atoms. The highest BCUT2D eigenvalue weighted by Crippen LogP contribution is 2.26. The fourth-order valence-electron chi connectivity index (χ4n) is 2.54. The van der Waals surface area contributed by atoms with Crippen molar-refractivity contribution in [3.05, 3.63) is 42.5 Å². The van der Waals surface area contributed by atoms with Gasteiger partial charge in [-0.3, -0.25) is 0 Å². The fraction of sp³-hybridized carbons (Fsp3) is 0.438. The lowest BCUT2D eigenvalue weighted by Gasteiger charge is -2.21. The maximum absolute atomic E-state index is 13.8. The van der Waals surface area contributed by atoms with Crippen molar-refractivity contribution in [3.8, 4) is 0 Å². The van der Waals surface area contributed by atoms with Crippen LogP contribution in [0.25, 0.3) is 0 Å². The number of para-hydroxylation sites is 1. The SMILES string of the molecule is C=CCN=C(NCC)NC1CCN(c2c(F)cccc2F)C1. The van der Waals surface area contributed by atoms with E-state index in [0.29, 0.717) is 25.6 Å². The van der Waals surface area contributed by atoms with Gasteiger partial charge in [0.15, 0.2) is 5.96 Å². The van der Waals surface area contributed by atoms with Crippen LogP contribution in [0.2, 0.25) is 0 Å². The molecule has 1 heterocycles. The Morgan fingerprint density at radius 3 is 2.82 bits per heavy atom. The van der Waals surface area contributed by atoms with Gasteiger partial charge in [-0.25, -0.2) is 13.8 Å². The van der Waals surface area contributed by atoms with Crippen molar-refractivity contribution in [1.29, 1.82) is 0 Å². The molecule has 1 aliphatic rings. The number of anilines is 1. The molecule has 1 aromatic rings. The van der Waals surface area contributed by atoms with E-state index in [4.69, 9.17) is 0 Å². The minimum Gasteiger partial charge on any atom is -0.365 e. The Bertz CT molecular complexity index is 525. The molecule has 1 aromatic carbocycles. The number of hydrogen-bond donors (Lipinski definition) is 2. The maximum atomic E-state index is 13.8. The van der Waals surface area contributed by atoms with Crippen LogP contribution in [0.3, 0.4) is 0 Å². The van der Waals surface area contributed by atoms with Crippen molar-refractivity contribution in [2.24, 2.45) is 4.99 Å². The van der Waals surface area contributed by atoms with Crippen LogP contribution < -0.4 is 15.5 Å². The standard InChI is InChI=1S/C16H22F2N4/c1-3-9-20-16(19-4-2)21-12-8-10-22(11-12)15-13(17)6-5-7-14(15)18/h3,5-7,12H,1,4,8-11H2,2H3,(H2,19,20,21). The van der Waals surface area contributed by atoms with Gasteiger partial charge in [0.2, 0.25) is 0 Å². The van der Waals surface area contributed by atoms with E-state index in [2.05, 4.69) is 22.2 Å². The Hall–Kier alpha value is -2.11. The lowest BCUT2D eigenvalue weighted by atomic mass is 10.2. The van der Waals surface area contributed by atoms with Crippen LogP contribution >= 0.6 is 0 Å². The summed E-state index contributed by atoms with van der Waals surface area (Å²) in [4.78, 5) is 6.07. The highest BCUT2D eigenvalue weighted by atomic mass is 19.1. The molecule has 1 atom stereocenters. The highest BCUT2D eigenvalue weighted by molar-refractivity contribution is 5.80. The zero-order chi connectivity index (χ0) is 15.9. The van der Waals surface area contributed by atoms with Gasteiger partial charge in [-0.05, 0) is 25.5 Å². The van der Waals surface area contributed by atoms with Gasteiger partial charge in [0, 0.05) is 25.7 Å². The molecule has 0 amide bonds. The normalized spacial score (nSPS) is 18.4. The summed E-state index contributed by atoms with van der Waals surface area (Å²) in [6.45, 7) is 8.05. The first kappa shape index (κ1) is 16.3. The summed E-state index contributed by atoms with van der Waals surface area (Å²) in [5.41, 5.74) is 0.0554. The van der Waals surface area contributed by atoms with Crippen LogP contribution in [-0.2, 0) is 0 Å². The minimum atomic E-state index is -0.520. The van der Waals surface area contributed by atoms with Crippen LogP contribution in [0.15, 0.2) is 35.8 Å². The number of halogens is 2. The van der Waals surface area contributed by atoms with E-state index >= 15 is 0 Å². The number of rotatable bonds is 5. The second kappa shape index (κ2) is 7.77. The number of nitrogens with one attached hydrogen (secondary N) is 2. The third-order valence-corrected chi connectivity index (χ3v) is 3.51. The maximum Gasteiger partial charge on any atom is 0.191 e. The first-order valence-electron chi connectivity index (χ1n) is 7.50. The van der Waals surface area contributed by atoms with Gasteiger partial charge in [0.1, 0.15) is 17.3 Å². The lowest BCUT2D eigenvalue weighted by molar-refractivity contribution is 0.576. The van der Waals surface area contributed by atoms with Crippen molar-refractivity contribution in [1.82, 2.24) is 10.6 Å². The van der Waals surface area contributed by atoms with E-state index < -0.39 is 11.6 Å². The molecule has 1 fully saturated rings. The predicted molar refractivity (Wildman–Crippen MR) is 86.3 cm³/mol. The van der Waals surface area contributed by atoms with Crippen LogP contribution in [0, 0.1) is 11.6 Å². The van der Waals surface area contributed by atoms with Crippen LogP contribution in [0.5, 0.6) is 0 Å². The van der Waals surface area contributed by atoms with Crippen molar-refractivity contribution >= 4 is 11.6 Å². The highest BCUT2D eigenvalue weighted by Gasteiger charge is 2.27. The summed E-state index contributed by atoms with van der Waals surface area (Å²) in [7, 11) is 0. The largest absolute Gasteiger partial charge is 0.365 e. The topological polar surface area (TPSA) is 39.7 Å². The van der Waals surface area contributed by atoms with E-state index in [0.717, 1.165) is 13.0 Å². The van der Waals surface area contributed by atoms with E-state index in [-0.39, 0.29) is 11.7 Å². The zero-order valence-corrected chi connectivity index (χ0v) is 12.8. The molecule has 2 N–H and O–H groups in total. The lowest BCUT2D eigenvalue weighted by Crippen LogP contribution is -2.44. The summed E-state index contributed by atoms with van der Waals surface area (Å²) >= 11 is 0. The molecular formula is C16H22F2N4. The van der Waals surface area contributed by atoms with Crippen LogP contribution in [0.1, 0.15) is 13.3 Å². The number of benzene rings is 1. The van der Waals surface area contributed by atoms with E-state index in [1.807, 2.05) is 6.92 Å². The van der Waals surface area contributed by atoms with Crippen LogP contribution in [-0.4, -0.2) is 38.2 Å². The fourth-order valence-corrected chi connectivity index (χ4v) is 2.54. The molecule has 120 valence electrons. The van der Waals surface area contributed by atoms with Gasteiger partial charge in [0.25, 0.3) is 0 Å². The van der Waals surface area contributed by atoms with Gasteiger partial charge < -0.3 is 15.5 Å². The van der Waals surface area contributed by atoms with Gasteiger partial charge >= 0.3 is 0 Å². The molecule has 1 unspecified atom stereocenters. The van der Waals surface area contributed by atoms with Gasteiger partial charge in [0.05, 0.1) is 6.54 Å². The number of hydrogen-bond acceptors (Lipinski definition) is 2.